The van der Waals surface area contributed by atoms with Gasteiger partial charge in [0.2, 0.25) is 0 Å². The van der Waals surface area contributed by atoms with Crippen molar-refractivity contribution in [3.8, 4) is 0 Å². The van der Waals surface area contributed by atoms with E-state index in [0.717, 1.165) is 51.5 Å². The minimum atomic E-state index is -0.710. The van der Waals surface area contributed by atoms with Crippen LogP contribution in [0.4, 0.5) is 5.69 Å². The van der Waals surface area contributed by atoms with Crippen molar-refractivity contribution in [1.29, 1.82) is 0 Å². The summed E-state index contributed by atoms with van der Waals surface area (Å²) in [7, 11) is 3.80. The molecule has 138 valence electrons. The number of amides is 1. The van der Waals surface area contributed by atoms with Gasteiger partial charge in [-0.25, -0.2) is 0 Å². The first-order valence-electron chi connectivity index (χ1n) is 9.18. The van der Waals surface area contributed by atoms with Crippen molar-refractivity contribution in [2.45, 2.75) is 25.0 Å². The highest BCUT2D eigenvalue weighted by Crippen LogP contribution is 2.25. The van der Waals surface area contributed by atoms with E-state index >= 15 is 0 Å². The Balaban J connectivity index is 1.62. The number of hydrogen-bond acceptors (Lipinski definition) is 5. The molecule has 2 heterocycles. The maximum Gasteiger partial charge on any atom is 0.256 e. The predicted molar refractivity (Wildman–Crippen MR) is 99.7 cm³/mol. The molecule has 0 aromatic heterocycles. The molecule has 2 aliphatic heterocycles. The third-order valence-corrected chi connectivity index (χ3v) is 5.40. The number of carbonyl (C=O) groups excluding carboxylic acids is 1. The van der Waals surface area contributed by atoms with Crippen molar-refractivity contribution in [2.75, 3.05) is 58.7 Å². The van der Waals surface area contributed by atoms with E-state index in [1.165, 1.54) is 5.56 Å². The van der Waals surface area contributed by atoms with Gasteiger partial charge in [0.15, 0.2) is 0 Å². The lowest BCUT2D eigenvalue weighted by Crippen LogP contribution is -2.51. The van der Waals surface area contributed by atoms with E-state index < -0.39 is 5.60 Å². The van der Waals surface area contributed by atoms with Crippen molar-refractivity contribution < 1.29 is 9.53 Å². The van der Waals surface area contributed by atoms with Crippen LogP contribution in [0.2, 0.25) is 0 Å². The lowest BCUT2D eigenvalue weighted by atomic mass is 9.91. The number of methoxy groups -OCH3 is 1. The Bertz CT molecular complexity index is 579. The van der Waals surface area contributed by atoms with Crippen LogP contribution in [-0.2, 0) is 16.1 Å². The van der Waals surface area contributed by atoms with Crippen LogP contribution in [0.3, 0.4) is 0 Å². The van der Waals surface area contributed by atoms with Gasteiger partial charge in [0.25, 0.3) is 5.91 Å². The normalized spacial score (nSPS) is 21.8. The van der Waals surface area contributed by atoms with Gasteiger partial charge in [0, 0.05) is 45.5 Å². The average molecular weight is 346 g/mol. The van der Waals surface area contributed by atoms with Crippen molar-refractivity contribution in [3.05, 3.63) is 29.8 Å². The fourth-order valence-corrected chi connectivity index (χ4v) is 3.61. The molecule has 0 radical (unpaired) electrons. The zero-order chi connectivity index (χ0) is 17.7. The number of piperidine rings is 1. The van der Waals surface area contributed by atoms with E-state index in [1.807, 2.05) is 12.1 Å². The van der Waals surface area contributed by atoms with Gasteiger partial charge in [0.1, 0.15) is 5.60 Å². The Kier molecular flexibility index (Phi) is 6.06. The highest BCUT2D eigenvalue weighted by atomic mass is 16.5. The van der Waals surface area contributed by atoms with Crippen LogP contribution in [0, 0.1) is 0 Å². The van der Waals surface area contributed by atoms with Crippen LogP contribution >= 0.6 is 0 Å². The molecule has 1 amide bonds. The summed E-state index contributed by atoms with van der Waals surface area (Å²) >= 11 is 0. The van der Waals surface area contributed by atoms with E-state index in [4.69, 9.17) is 4.74 Å². The standard InChI is InChI=1S/C19H30N4O2/c1-22-10-12-23(13-11-22)15-16-4-3-5-17(14-16)21-18(24)19(25-2)6-8-20-9-7-19/h3-5,14,20H,6-13,15H2,1-2H3,(H,21,24). The first kappa shape index (κ1) is 18.3. The molecule has 2 aliphatic rings. The minimum Gasteiger partial charge on any atom is -0.368 e. The second-order valence-corrected chi connectivity index (χ2v) is 7.18. The number of carbonyl (C=O) groups is 1. The minimum absolute atomic E-state index is 0.0340. The maximum absolute atomic E-state index is 12.8. The molecule has 0 spiro atoms. The summed E-state index contributed by atoms with van der Waals surface area (Å²) in [4.78, 5) is 17.6. The number of rotatable bonds is 5. The van der Waals surface area contributed by atoms with E-state index in [-0.39, 0.29) is 5.91 Å². The van der Waals surface area contributed by atoms with Gasteiger partial charge < -0.3 is 20.3 Å². The highest BCUT2D eigenvalue weighted by molar-refractivity contribution is 5.97. The summed E-state index contributed by atoms with van der Waals surface area (Å²) in [6.45, 7) is 6.95. The van der Waals surface area contributed by atoms with Crippen LogP contribution in [0.5, 0.6) is 0 Å². The molecule has 3 rings (SSSR count). The SMILES string of the molecule is COC1(C(=O)Nc2cccc(CN3CCN(C)CC3)c2)CCNCC1. The van der Waals surface area contributed by atoms with E-state index in [9.17, 15) is 4.79 Å². The Morgan fingerprint density at radius 2 is 1.96 bits per heavy atom. The summed E-state index contributed by atoms with van der Waals surface area (Å²) < 4.78 is 5.61. The molecule has 0 saturated carbocycles. The molecule has 2 saturated heterocycles. The van der Waals surface area contributed by atoms with Gasteiger partial charge in [-0.3, -0.25) is 9.69 Å². The molecule has 6 nitrogen and oxygen atoms in total. The molecule has 0 atom stereocenters. The van der Waals surface area contributed by atoms with Crippen LogP contribution in [-0.4, -0.2) is 74.7 Å². The second kappa shape index (κ2) is 8.27. The third-order valence-electron chi connectivity index (χ3n) is 5.40. The molecule has 0 unspecified atom stereocenters. The van der Waals surface area contributed by atoms with Crippen LogP contribution in [0.15, 0.2) is 24.3 Å². The second-order valence-electron chi connectivity index (χ2n) is 7.18. The third kappa shape index (κ3) is 4.58. The molecule has 1 aromatic rings. The molecule has 2 N–H and O–H groups in total. The monoisotopic (exact) mass is 346 g/mol. The van der Waals surface area contributed by atoms with Crippen LogP contribution < -0.4 is 10.6 Å². The van der Waals surface area contributed by atoms with Gasteiger partial charge in [-0.15, -0.1) is 0 Å². The number of ether oxygens (including phenoxy) is 1. The zero-order valence-electron chi connectivity index (χ0n) is 15.4. The number of likely N-dealkylation sites (N-methyl/N-ethyl adjacent to an activating group) is 1. The van der Waals surface area contributed by atoms with Crippen molar-refractivity contribution >= 4 is 11.6 Å². The molecule has 25 heavy (non-hydrogen) atoms. The quantitative estimate of drug-likeness (QED) is 0.837. The summed E-state index contributed by atoms with van der Waals surface area (Å²) in [6, 6.07) is 8.18. The van der Waals surface area contributed by atoms with Crippen LogP contribution in [0.25, 0.3) is 0 Å². The number of hydrogen-bond donors (Lipinski definition) is 2. The first-order chi connectivity index (χ1) is 12.1. The van der Waals surface area contributed by atoms with E-state index in [2.05, 4.69) is 39.6 Å². The highest BCUT2D eigenvalue weighted by Gasteiger charge is 2.39. The molecular weight excluding hydrogens is 316 g/mol. The fourth-order valence-electron chi connectivity index (χ4n) is 3.61. The van der Waals surface area contributed by atoms with Crippen LogP contribution in [0.1, 0.15) is 18.4 Å². The largest absolute Gasteiger partial charge is 0.368 e. The summed E-state index contributed by atoms with van der Waals surface area (Å²) in [6.07, 6.45) is 1.41. The first-order valence-corrected chi connectivity index (χ1v) is 9.18. The molecule has 6 heteroatoms. The fraction of sp³-hybridized carbons (Fsp3) is 0.632. The molecule has 0 aliphatic carbocycles. The zero-order valence-corrected chi connectivity index (χ0v) is 15.4. The Morgan fingerprint density at radius 1 is 1.24 bits per heavy atom. The number of nitrogens with zero attached hydrogens (tertiary/aromatic N) is 2. The van der Waals surface area contributed by atoms with Crippen molar-refractivity contribution in [2.24, 2.45) is 0 Å². The Labute approximate surface area is 150 Å². The topological polar surface area (TPSA) is 56.8 Å². The molecular formula is C19H30N4O2. The maximum atomic E-state index is 12.8. The molecule has 1 aromatic carbocycles. The summed E-state index contributed by atoms with van der Waals surface area (Å²) in [5.74, 6) is -0.0340. The van der Waals surface area contributed by atoms with Crippen molar-refractivity contribution in [3.63, 3.8) is 0 Å². The molecule has 2 fully saturated rings. The van der Waals surface area contributed by atoms with E-state index in [0.29, 0.717) is 12.8 Å². The van der Waals surface area contributed by atoms with Gasteiger partial charge in [-0.05, 0) is 50.7 Å². The number of benzene rings is 1. The summed E-state index contributed by atoms with van der Waals surface area (Å²) in [5, 5.41) is 6.35. The lowest BCUT2D eigenvalue weighted by molar-refractivity contribution is -0.140. The van der Waals surface area contributed by atoms with Gasteiger partial charge >= 0.3 is 0 Å². The Morgan fingerprint density at radius 3 is 2.64 bits per heavy atom. The Hall–Kier alpha value is -1.47. The van der Waals surface area contributed by atoms with Gasteiger partial charge in [-0.1, -0.05) is 12.1 Å². The van der Waals surface area contributed by atoms with Gasteiger partial charge in [0.05, 0.1) is 0 Å². The predicted octanol–water partition coefficient (Wildman–Crippen LogP) is 1.14. The van der Waals surface area contributed by atoms with E-state index in [1.54, 1.807) is 7.11 Å². The summed E-state index contributed by atoms with van der Waals surface area (Å²) in [5.41, 5.74) is 1.38. The lowest BCUT2D eigenvalue weighted by Gasteiger charge is -2.35. The number of piperazine rings is 1. The number of anilines is 1. The van der Waals surface area contributed by atoms with Gasteiger partial charge in [-0.2, -0.15) is 0 Å². The van der Waals surface area contributed by atoms with Crippen molar-refractivity contribution in [1.82, 2.24) is 15.1 Å². The number of nitrogens with one attached hydrogen (secondary N) is 2. The smallest absolute Gasteiger partial charge is 0.256 e. The average Bonchev–Trinajstić information content (AvgIpc) is 2.64. The molecule has 0 bridgehead atoms.